The van der Waals surface area contributed by atoms with Gasteiger partial charge in [0.05, 0.1) is 16.3 Å². The molecule has 0 bridgehead atoms. The highest BCUT2D eigenvalue weighted by Gasteiger charge is 2.03. The Morgan fingerprint density at radius 2 is 2.31 bits per heavy atom. The highest BCUT2D eigenvalue weighted by atomic mass is 35.5. The summed E-state index contributed by atoms with van der Waals surface area (Å²) in [5.74, 6) is 0. The van der Waals surface area contributed by atoms with Gasteiger partial charge >= 0.3 is 0 Å². The quantitative estimate of drug-likeness (QED) is 0.738. The van der Waals surface area contributed by atoms with Gasteiger partial charge in [0.2, 0.25) is 0 Å². The summed E-state index contributed by atoms with van der Waals surface area (Å²) in [4.78, 5) is 1.21. The molecule has 0 saturated carbocycles. The van der Waals surface area contributed by atoms with E-state index >= 15 is 0 Å². The monoisotopic (exact) mass is 212 g/mol. The predicted octanol–water partition coefficient (Wildman–Crippen LogP) is 3.70. The average molecular weight is 213 g/mol. The molecule has 1 nitrogen and oxygen atoms in total. The standard InChI is InChI=1S/C10H9ClOS/c1-12-6-8-5-7-3-2-4-9(11)10(7)13-8/h2-5H,6H2,1H3. The Kier molecular flexibility index (Phi) is 2.54. The van der Waals surface area contributed by atoms with Gasteiger partial charge in [-0.25, -0.2) is 0 Å². The molecule has 0 radical (unpaired) electrons. The van der Waals surface area contributed by atoms with Gasteiger partial charge in [0.1, 0.15) is 0 Å². The van der Waals surface area contributed by atoms with Crippen molar-refractivity contribution >= 4 is 33.0 Å². The summed E-state index contributed by atoms with van der Waals surface area (Å²) >= 11 is 7.73. The van der Waals surface area contributed by atoms with E-state index in [0.29, 0.717) is 6.61 Å². The number of halogens is 1. The van der Waals surface area contributed by atoms with Gasteiger partial charge in [0.15, 0.2) is 0 Å². The second-order valence-corrected chi connectivity index (χ2v) is 4.35. The van der Waals surface area contributed by atoms with Crippen LogP contribution < -0.4 is 0 Å². The van der Waals surface area contributed by atoms with Crippen molar-refractivity contribution in [1.29, 1.82) is 0 Å². The summed E-state index contributed by atoms with van der Waals surface area (Å²) in [5, 5.41) is 2.02. The van der Waals surface area contributed by atoms with Gasteiger partial charge in [-0.2, -0.15) is 0 Å². The molecule has 0 N–H and O–H groups in total. The molecule has 0 atom stereocenters. The Morgan fingerprint density at radius 3 is 3.00 bits per heavy atom. The maximum Gasteiger partial charge on any atom is 0.0806 e. The van der Waals surface area contributed by atoms with Crippen molar-refractivity contribution in [3.63, 3.8) is 0 Å². The molecule has 1 heterocycles. The molecule has 0 fully saturated rings. The third-order valence-corrected chi connectivity index (χ3v) is 3.42. The predicted molar refractivity (Wildman–Crippen MR) is 57.5 cm³/mol. The molecule has 2 aromatic rings. The number of hydrogen-bond donors (Lipinski definition) is 0. The number of ether oxygens (including phenoxy) is 1. The molecule has 0 unspecified atom stereocenters. The zero-order valence-corrected chi connectivity index (χ0v) is 8.78. The van der Waals surface area contributed by atoms with Crippen molar-refractivity contribution in [2.75, 3.05) is 7.11 Å². The molecule has 0 spiro atoms. The van der Waals surface area contributed by atoms with E-state index in [1.165, 1.54) is 10.3 Å². The van der Waals surface area contributed by atoms with Crippen molar-refractivity contribution in [2.45, 2.75) is 6.61 Å². The van der Waals surface area contributed by atoms with Crippen LogP contribution in [0.25, 0.3) is 10.1 Å². The molecule has 1 aromatic heterocycles. The zero-order chi connectivity index (χ0) is 9.26. The van der Waals surface area contributed by atoms with Gasteiger partial charge < -0.3 is 4.74 Å². The van der Waals surface area contributed by atoms with Crippen molar-refractivity contribution in [3.05, 3.63) is 34.2 Å². The van der Waals surface area contributed by atoms with E-state index in [0.717, 1.165) is 9.72 Å². The summed E-state index contributed by atoms with van der Waals surface area (Å²) in [6.45, 7) is 0.662. The van der Waals surface area contributed by atoms with E-state index in [2.05, 4.69) is 12.1 Å². The molecule has 68 valence electrons. The van der Waals surface area contributed by atoms with Crippen LogP contribution in [0.4, 0.5) is 0 Å². The van der Waals surface area contributed by atoms with Crippen LogP contribution in [-0.4, -0.2) is 7.11 Å². The summed E-state index contributed by atoms with van der Waals surface area (Å²) < 4.78 is 6.21. The lowest BCUT2D eigenvalue weighted by Crippen LogP contribution is -1.79. The van der Waals surface area contributed by atoms with Crippen LogP contribution in [-0.2, 0) is 11.3 Å². The number of fused-ring (bicyclic) bond motifs is 1. The Balaban J connectivity index is 2.55. The summed E-state index contributed by atoms with van der Waals surface area (Å²) in [7, 11) is 1.70. The first-order valence-corrected chi connectivity index (χ1v) is 5.16. The fourth-order valence-electron chi connectivity index (χ4n) is 1.29. The maximum absolute atomic E-state index is 6.04. The van der Waals surface area contributed by atoms with Gasteiger partial charge in [-0.1, -0.05) is 23.7 Å². The molecule has 1 aromatic carbocycles. The lowest BCUT2D eigenvalue weighted by Gasteiger charge is -1.90. The lowest BCUT2D eigenvalue weighted by atomic mass is 10.2. The van der Waals surface area contributed by atoms with Gasteiger partial charge in [0, 0.05) is 12.0 Å². The van der Waals surface area contributed by atoms with Crippen LogP contribution in [0.1, 0.15) is 4.88 Å². The first-order chi connectivity index (χ1) is 6.31. The van der Waals surface area contributed by atoms with Gasteiger partial charge in [-0.3, -0.25) is 0 Å². The zero-order valence-electron chi connectivity index (χ0n) is 7.21. The molecule has 2 rings (SSSR count). The number of methoxy groups -OCH3 is 1. The van der Waals surface area contributed by atoms with Crippen LogP contribution in [0.5, 0.6) is 0 Å². The molecular weight excluding hydrogens is 204 g/mol. The van der Waals surface area contributed by atoms with E-state index in [1.807, 2.05) is 12.1 Å². The van der Waals surface area contributed by atoms with Crippen LogP contribution >= 0.6 is 22.9 Å². The largest absolute Gasteiger partial charge is 0.379 e. The normalized spacial score (nSPS) is 10.9. The summed E-state index contributed by atoms with van der Waals surface area (Å²) in [5.41, 5.74) is 0. The SMILES string of the molecule is COCc1cc2cccc(Cl)c2s1. The minimum absolute atomic E-state index is 0.662. The van der Waals surface area contributed by atoms with E-state index in [9.17, 15) is 0 Å². The maximum atomic E-state index is 6.04. The molecule has 0 amide bonds. The molecule has 0 aliphatic carbocycles. The first-order valence-electron chi connectivity index (χ1n) is 3.97. The number of thiophene rings is 1. The minimum atomic E-state index is 0.662. The minimum Gasteiger partial charge on any atom is -0.379 e. The fraction of sp³-hybridized carbons (Fsp3) is 0.200. The third kappa shape index (κ3) is 1.70. The van der Waals surface area contributed by atoms with Crippen LogP contribution in [0, 0.1) is 0 Å². The van der Waals surface area contributed by atoms with E-state index in [-0.39, 0.29) is 0 Å². The summed E-state index contributed by atoms with van der Waals surface area (Å²) in [6.07, 6.45) is 0. The highest BCUT2D eigenvalue weighted by molar-refractivity contribution is 7.19. The Labute approximate surface area is 85.9 Å². The van der Waals surface area contributed by atoms with Gasteiger partial charge in [-0.05, 0) is 17.5 Å². The van der Waals surface area contributed by atoms with Crippen molar-refractivity contribution in [2.24, 2.45) is 0 Å². The first kappa shape index (κ1) is 9.00. The Morgan fingerprint density at radius 1 is 1.46 bits per heavy atom. The molecule has 13 heavy (non-hydrogen) atoms. The molecule has 0 saturated heterocycles. The van der Waals surface area contributed by atoms with E-state index < -0.39 is 0 Å². The van der Waals surface area contributed by atoms with Gasteiger partial charge in [0.25, 0.3) is 0 Å². The second kappa shape index (κ2) is 3.66. The van der Waals surface area contributed by atoms with Crippen LogP contribution in [0.2, 0.25) is 5.02 Å². The molecular formula is C10H9ClOS. The topological polar surface area (TPSA) is 9.23 Å². The fourth-order valence-corrected chi connectivity index (χ4v) is 2.63. The van der Waals surface area contributed by atoms with Crippen molar-refractivity contribution in [1.82, 2.24) is 0 Å². The number of rotatable bonds is 2. The molecule has 3 heteroatoms. The molecule has 0 aliphatic heterocycles. The molecule has 0 aliphatic rings. The Bertz CT molecular complexity index is 422. The van der Waals surface area contributed by atoms with E-state index in [1.54, 1.807) is 18.4 Å². The lowest BCUT2D eigenvalue weighted by molar-refractivity contribution is 0.187. The second-order valence-electron chi connectivity index (χ2n) is 2.80. The van der Waals surface area contributed by atoms with Crippen LogP contribution in [0.15, 0.2) is 24.3 Å². The van der Waals surface area contributed by atoms with Gasteiger partial charge in [-0.15, -0.1) is 11.3 Å². The van der Waals surface area contributed by atoms with Crippen LogP contribution in [0.3, 0.4) is 0 Å². The number of benzene rings is 1. The third-order valence-electron chi connectivity index (χ3n) is 1.83. The highest BCUT2D eigenvalue weighted by Crippen LogP contribution is 2.31. The van der Waals surface area contributed by atoms with E-state index in [4.69, 9.17) is 16.3 Å². The number of hydrogen-bond acceptors (Lipinski definition) is 2. The average Bonchev–Trinajstić information content (AvgIpc) is 2.49. The smallest absolute Gasteiger partial charge is 0.0806 e. The van der Waals surface area contributed by atoms with Crippen molar-refractivity contribution in [3.8, 4) is 0 Å². The Hall–Kier alpha value is -0.570. The van der Waals surface area contributed by atoms with Crippen molar-refractivity contribution < 1.29 is 4.74 Å². The summed E-state index contributed by atoms with van der Waals surface area (Å²) in [6, 6.07) is 8.07.